The van der Waals surface area contributed by atoms with E-state index in [2.05, 4.69) is 10.2 Å². The van der Waals surface area contributed by atoms with Crippen LogP contribution in [0.5, 0.6) is 0 Å². The molecule has 2 N–H and O–H groups in total. The summed E-state index contributed by atoms with van der Waals surface area (Å²) in [6.07, 6.45) is 6.79. The fourth-order valence-corrected chi connectivity index (χ4v) is 2.45. The number of nitrogens with zero attached hydrogens (tertiary/aromatic N) is 1. The Labute approximate surface area is 92.8 Å². The molecule has 15 heavy (non-hydrogen) atoms. The first-order valence-electron chi connectivity index (χ1n) is 6.45. The zero-order chi connectivity index (χ0) is 10.5. The molecule has 0 aromatic carbocycles. The van der Waals surface area contributed by atoms with E-state index in [0.29, 0.717) is 6.61 Å². The second-order valence-electron chi connectivity index (χ2n) is 5.07. The quantitative estimate of drug-likeness (QED) is 0.708. The Morgan fingerprint density at radius 2 is 2.07 bits per heavy atom. The van der Waals surface area contributed by atoms with Gasteiger partial charge in [-0.05, 0) is 44.7 Å². The molecule has 1 atom stereocenters. The predicted molar refractivity (Wildman–Crippen MR) is 61.9 cm³/mol. The van der Waals surface area contributed by atoms with Crippen LogP contribution >= 0.6 is 0 Å². The number of aliphatic hydroxyl groups excluding tert-OH is 1. The van der Waals surface area contributed by atoms with Gasteiger partial charge in [0.15, 0.2) is 0 Å². The highest BCUT2D eigenvalue weighted by Gasteiger charge is 2.23. The molecule has 3 heteroatoms. The maximum atomic E-state index is 8.97. The van der Waals surface area contributed by atoms with Gasteiger partial charge in [-0.3, -0.25) is 0 Å². The summed E-state index contributed by atoms with van der Waals surface area (Å²) < 4.78 is 0. The van der Waals surface area contributed by atoms with Crippen molar-refractivity contribution in [2.24, 2.45) is 5.92 Å². The average Bonchev–Trinajstić information content (AvgIpc) is 3.02. The Bertz CT molecular complexity index is 182. The van der Waals surface area contributed by atoms with E-state index in [1.54, 1.807) is 0 Å². The molecule has 1 aliphatic carbocycles. The van der Waals surface area contributed by atoms with Crippen LogP contribution in [0.15, 0.2) is 0 Å². The first kappa shape index (κ1) is 11.4. The van der Waals surface area contributed by atoms with E-state index in [0.717, 1.165) is 18.5 Å². The molecule has 0 radical (unpaired) electrons. The third kappa shape index (κ3) is 4.09. The van der Waals surface area contributed by atoms with E-state index in [4.69, 9.17) is 5.11 Å². The normalized spacial score (nSPS) is 29.0. The van der Waals surface area contributed by atoms with Crippen molar-refractivity contribution in [3.8, 4) is 0 Å². The third-order valence-electron chi connectivity index (χ3n) is 3.54. The number of hydrogen-bond donors (Lipinski definition) is 2. The lowest BCUT2D eigenvalue weighted by Crippen LogP contribution is -2.35. The van der Waals surface area contributed by atoms with Crippen molar-refractivity contribution in [2.75, 3.05) is 32.8 Å². The number of rotatable bonds is 5. The Morgan fingerprint density at radius 3 is 2.80 bits per heavy atom. The third-order valence-corrected chi connectivity index (χ3v) is 3.54. The molecule has 2 fully saturated rings. The highest BCUT2D eigenvalue weighted by molar-refractivity contribution is 4.83. The summed E-state index contributed by atoms with van der Waals surface area (Å²) in [5.74, 6) is 0.805. The summed E-state index contributed by atoms with van der Waals surface area (Å²) >= 11 is 0. The fourth-order valence-electron chi connectivity index (χ4n) is 2.45. The zero-order valence-electron chi connectivity index (χ0n) is 9.62. The van der Waals surface area contributed by atoms with Crippen molar-refractivity contribution in [3.05, 3.63) is 0 Å². The summed E-state index contributed by atoms with van der Waals surface area (Å²) in [4.78, 5) is 2.42. The Hall–Kier alpha value is -0.120. The van der Waals surface area contributed by atoms with E-state index in [1.807, 2.05) is 0 Å². The maximum absolute atomic E-state index is 8.97. The SMILES string of the molecule is OCCN1CCCCC(CNC2CC2)C1. The van der Waals surface area contributed by atoms with Gasteiger partial charge in [0, 0.05) is 19.1 Å². The molecule has 0 aromatic heterocycles. The average molecular weight is 212 g/mol. The highest BCUT2D eigenvalue weighted by atomic mass is 16.3. The Balaban J connectivity index is 1.70. The lowest BCUT2D eigenvalue weighted by molar-refractivity contribution is 0.183. The first-order chi connectivity index (χ1) is 7.38. The van der Waals surface area contributed by atoms with Crippen molar-refractivity contribution >= 4 is 0 Å². The maximum Gasteiger partial charge on any atom is 0.0558 e. The van der Waals surface area contributed by atoms with Crippen LogP contribution in [0, 0.1) is 5.92 Å². The van der Waals surface area contributed by atoms with Crippen molar-refractivity contribution in [1.82, 2.24) is 10.2 Å². The van der Waals surface area contributed by atoms with Crippen LogP contribution in [-0.2, 0) is 0 Å². The minimum atomic E-state index is 0.308. The van der Waals surface area contributed by atoms with Gasteiger partial charge in [-0.15, -0.1) is 0 Å². The minimum Gasteiger partial charge on any atom is -0.395 e. The van der Waals surface area contributed by atoms with Crippen LogP contribution in [0.3, 0.4) is 0 Å². The molecule has 1 aliphatic heterocycles. The van der Waals surface area contributed by atoms with Gasteiger partial charge in [0.05, 0.1) is 6.61 Å². The molecule has 1 heterocycles. The van der Waals surface area contributed by atoms with E-state index in [1.165, 1.54) is 51.7 Å². The number of hydrogen-bond acceptors (Lipinski definition) is 3. The standard InChI is InChI=1S/C12H24N2O/c15-8-7-14-6-2-1-3-11(10-14)9-13-12-4-5-12/h11-13,15H,1-10H2. The number of nitrogens with one attached hydrogen (secondary N) is 1. The molecule has 3 nitrogen and oxygen atoms in total. The summed E-state index contributed by atoms with van der Waals surface area (Å²) in [5, 5.41) is 12.6. The molecule has 0 spiro atoms. The summed E-state index contributed by atoms with van der Waals surface area (Å²) in [7, 11) is 0. The predicted octanol–water partition coefficient (Wildman–Crippen LogP) is 0.833. The second kappa shape index (κ2) is 5.83. The van der Waals surface area contributed by atoms with E-state index >= 15 is 0 Å². The summed E-state index contributed by atoms with van der Waals surface area (Å²) in [6, 6.07) is 0.833. The van der Waals surface area contributed by atoms with Crippen molar-refractivity contribution in [1.29, 1.82) is 0 Å². The van der Waals surface area contributed by atoms with Gasteiger partial charge in [0.25, 0.3) is 0 Å². The van der Waals surface area contributed by atoms with Crippen molar-refractivity contribution < 1.29 is 5.11 Å². The van der Waals surface area contributed by atoms with Gasteiger partial charge in [0.2, 0.25) is 0 Å². The fraction of sp³-hybridized carbons (Fsp3) is 1.00. The molecule has 2 aliphatic rings. The number of aliphatic hydroxyl groups is 1. The van der Waals surface area contributed by atoms with Crippen molar-refractivity contribution in [2.45, 2.75) is 38.1 Å². The van der Waals surface area contributed by atoms with E-state index < -0.39 is 0 Å². The molecule has 1 saturated heterocycles. The van der Waals surface area contributed by atoms with Crippen LogP contribution in [0.25, 0.3) is 0 Å². The van der Waals surface area contributed by atoms with Gasteiger partial charge >= 0.3 is 0 Å². The molecule has 0 bridgehead atoms. The van der Waals surface area contributed by atoms with Crippen LogP contribution in [0.2, 0.25) is 0 Å². The summed E-state index contributed by atoms with van der Waals surface area (Å²) in [6.45, 7) is 4.72. The summed E-state index contributed by atoms with van der Waals surface area (Å²) in [5.41, 5.74) is 0. The van der Waals surface area contributed by atoms with Crippen molar-refractivity contribution in [3.63, 3.8) is 0 Å². The van der Waals surface area contributed by atoms with Gasteiger partial charge in [-0.2, -0.15) is 0 Å². The monoisotopic (exact) mass is 212 g/mol. The molecule has 2 rings (SSSR count). The minimum absolute atomic E-state index is 0.308. The molecule has 1 unspecified atom stereocenters. The van der Waals surface area contributed by atoms with E-state index in [9.17, 15) is 0 Å². The first-order valence-corrected chi connectivity index (χ1v) is 6.45. The lowest BCUT2D eigenvalue weighted by atomic mass is 10.0. The van der Waals surface area contributed by atoms with Crippen LogP contribution in [0.1, 0.15) is 32.1 Å². The Kier molecular flexibility index (Phi) is 4.42. The van der Waals surface area contributed by atoms with Gasteiger partial charge in [-0.25, -0.2) is 0 Å². The number of β-amino-alcohol motifs (C(OH)–C–C–N with tert-alkyl or cyclic N) is 1. The molecular formula is C12H24N2O. The topological polar surface area (TPSA) is 35.5 Å². The van der Waals surface area contributed by atoms with Gasteiger partial charge in [0.1, 0.15) is 0 Å². The molecule has 1 saturated carbocycles. The largest absolute Gasteiger partial charge is 0.395 e. The van der Waals surface area contributed by atoms with Crippen LogP contribution in [-0.4, -0.2) is 48.8 Å². The van der Waals surface area contributed by atoms with E-state index in [-0.39, 0.29) is 0 Å². The molecular weight excluding hydrogens is 188 g/mol. The highest BCUT2D eigenvalue weighted by Crippen LogP contribution is 2.21. The molecule has 0 amide bonds. The molecule has 88 valence electrons. The van der Waals surface area contributed by atoms with Crippen LogP contribution < -0.4 is 5.32 Å². The second-order valence-corrected chi connectivity index (χ2v) is 5.07. The zero-order valence-corrected chi connectivity index (χ0v) is 9.62. The van der Waals surface area contributed by atoms with Gasteiger partial charge < -0.3 is 15.3 Å². The van der Waals surface area contributed by atoms with Gasteiger partial charge in [-0.1, -0.05) is 6.42 Å². The number of likely N-dealkylation sites (tertiary alicyclic amines) is 1. The molecule has 0 aromatic rings. The smallest absolute Gasteiger partial charge is 0.0558 e. The lowest BCUT2D eigenvalue weighted by Gasteiger charge is -2.23. The van der Waals surface area contributed by atoms with Crippen LogP contribution in [0.4, 0.5) is 0 Å². The Morgan fingerprint density at radius 1 is 1.20 bits per heavy atom.